The van der Waals surface area contributed by atoms with Crippen LogP contribution in [0.3, 0.4) is 0 Å². The Morgan fingerprint density at radius 1 is 1.58 bits per heavy atom. The molecule has 19 heavy (non-hydrogen) atoms. The highest BCUT2D eigenvalue weighted by atomic mass is 16.4. The summed E-state index contributed by atoms with van der Waals surface area (Å²) < 4.78 is 0. The van der Waals surface area contributed by atoms with Gasteiger partial charge in [0.1, 0.15) is 0 Å². The van der Waals surface area contributed by atoms with Crippen LogP contribution >= 0.6 is 0 Å². The number of nitrogens with one attached hydrogen (secondary N) is 1. The van der Waals surface area contributed by atoms with Crippen LogP contribution in [0, 0.1) is 0 Å². The maximum Gasteiger partial charge on any atom is 0.170 e. The lowest BCUT2D eigenvalue weighted by Gasteiger charge is -2.19. The minimum Gasteiger partial charge on any atom is -0.409 e. The number of hydrogen-bond acceptors (Lipinski definition) is 4. The van der Waals surface area contributed by atoms with Gasteiger partial charge in [-0.15, -0.1) is 0 Å². The molecule has 0 spiro atoms. The van der Waals surface area contributed by atoms with Crippen molar-refractivity contribution in [3.05, 3.63) is 35.4 Å². The van der Waals surface area contributed by atoms with Gasteiger partial charge in [-0.2, -0.15) is 0 Å². The second-order valence-corrected chi connectivity index (χ2v) is 5.09. The molecule has 5 heteroatoms. The third kappa shape index (κ3) is 3.68. The molecule has 0 bridgehead atoms. The molecule has 1 unspecified atom stereocenters. The molecule has 1 heterocycles. The quantitative estimate of drug-likeness (QED) is 0.320. The predicted molar refractivity (Wildman–Crippen MR) is 76.3 cm³/mol. The molecule has 0 amide bonds. The summed E-state index contributed by atoms with van der Waals surface area (Å²) in [5, 5.41) is 15.2. The average Bonchev–Trinajstić information content (AvgIpc) is 2.84. The van der Waals surface area contributed by atoms with Gasteiger partial charge in [0.25, 0.3) is 0 Å². The third-order valence-corrected chi connectivity index (χ3v) is 3.71. The van der Waals surface area contributed by atoms with Crippen LogP contribution in [0.25, 0.3) is 0 Å². The van der Waals surface area contributed by atoms with E-state index in [1.807, 2.05) is 24.3 Å². The van der Waals surface area contributed by atoms with Crippen molar-refractivity contribution >= 4 is 5.84 Å². The number of amidine groups is 1. The molecule has 0 aliphatic carbocycles. The maximum atomic E-state index is 8.67. The fourth-order valence-electron chi connectivity index (χ4n) is 2.52. The Morgan fingerprint density at radius 3 is 3.11 bits per heavy atom. The van der Waals surface area contributed by atoms with Crippen molar-refractivity contribution in [3.63, 3.8) is 0 Å². The van der Waals surface area contributed by atoms with Gasteiger partial charge < -0.3 is 21.2 Å². The first-order chi connectivity index (χ1) is 9.20. The van der Waals surface area contributed by atoms with Crippen LogP contribution in [0.2, 0.25) is 0 Å². The number of benzene rings is 1. The van der Waals surface area contributed by atoms with Gasteiger partial charge in [0.2, 0.25) is 0 Å². The SMILES string of the molecule is CN1CCCC1CNCc1cccc(/C(N)=N/O)c1. The third-order valence-electron chi connectivity index (χ3n) is 3.71. The van der Waals surface area contributed by atoms with Crippen LogP contribution in [-0.4, -0.2) is 42.1 Å². The van der Waals surface area contributed by atoms with Gasteiger partial charge in [-0.25, -0.2) is 0 Å². The molecule has 1 atom stereocenters. The van der Waals surface area contributed by atoms with Crippen LogP contribution in [0.4, 0.5) is 0 Å². The van der Waals surface area contributed by atoms with Crippen LogP contribution in [0.1, 0.15) is 24.0 Å². The summed E-state index contributed by atoms with van der Waals surface area (Å²) in [4.78, 5) is 2.40. The summed E-state index contributed by atoms with van der Waals surface area (Å²) in [6.07, 6.45) is 2.56. The molecule has 1 fully saturated rings. The highest BCUT2D eigenvalue weighted by Gasteiger charge is 2.19. The molecule has 5 nitrogen and oxygen atoms in total. The molecule has 1 aliphatic heterocycles. The van der Waals surface area contributed by atoms with E-state index in [1.54, 1.807) is 0 Å². The van der Waals surface area contributed by atoms with Crippen molar-refractivity contribution in [3.8, 4) is 0 Å². The lowest BCUT2D eigenvalue weighted by Crippen LogP contribution is -2.35. The molecule has 0 aromatic heterocycles. The van der Waals surface area contributed by atoms with Crippen molar-refractivity contribution < 1.29 is 5.21 Å². The Kier molecular flexibility index (Phi) is 4.76. The molecule has 1 aromatic carbocycles. The summed E-state index contributed by atoms with van der Waals surface area (Å²) in [5.74, 6) is 0.150. The number of likely N-dealkylation sites (N-methyl/N-ethyl adjacent to an activating group) is 1. The average molecular weight is 262 g/mol. The van der Waals surface area contributed by atoms with E-state index in [2.05, 4.69) is 22.4 Å². The zero-order valence-corrected chi connectivity index (χ0v) is 11.3. The Bertz CT molecular complexity index is 447. The number of rotatable bonds is 5. The van der Waals surface area contributed by atoms with Crippen molar-refractivity contribution in [1.29, 1.82) is 0 Å². The highest BCUT2D eigenvalue weighted by Crippen LogP contribution is 2.13. The van der Waals surface area contributed by atoms with Gasteiger partial charge in [-0.1, -0.05) is 23.4 Å². The molecule has 2 rings (SSSR count). The minimum atomic E-state index is 0.150. The molecule has 1 saturated heterocycles. The van der Waals surface area contributed by atoms with Gasteiger partial charge in [-0.05, 0) is 38.1 Å². The summed E-state index contributed by atoms with van der Waals surface area (Å²) in [7, 11) is 2.18. The van der Waals surface area contributed by atoms with E-state index in [1.165, 1.54) is 19.4 Å². The summed E-state index contributed by atoms with van der Waals surface area (Å²) in [6, 6.07) is 8.39. The fraction of sp³-hybridized carbons (Fsp3) is 0.500. The monoisotopic (exact) mass is 262 g/mol. The van der Waals surface area contributed by atoms with E-state index < -0.39 is 0 Å². The molecule has 0 radical (unpaired) electrons. The topological polar surface area (TPSA) is 73.9 Å². The Hall–Kier alpha value is -1.59. The van der Waals surface area contributed by atoms with Gasteiger partial charge in [0.05, 0.1) is 0 Å². The van der Waals surface area contributed by atoms with Crippen molar-refractivity contribution in [2.45, 2.75) is 25.4 Å². The summed E-state index contributed by atoms with van der Waals surface area (Å²) in [6.45, 7) is 3.01. The molecule has 1 aliphatic rings. The Morgan fingerprint density at radius 2 is 2.42 bits per heavy atom. The van der Waals surface area contributed by atoms with Crippen molar-refractivity contribution in [2.24, 2.45) is 10.9 Å². The van der Waals surface area contributed by atoms with E-state index in [0.29, 0.717) is 6.04 Å². The molecular weight excluding hydrogens is 240 g/mol. The minimum absolute atomic E-state index is 0.150. The summed E-state index contributed by atoms with van der Waals surface area (Å²) in [5.41, 5.74) is 7.48. The van der Waals surface area contributed by atoms with E-state index in [4.69, 9.17) is 10.9 Å². The molecule has 4 N–H and O–H groups in total. The van der Waals surface area contributed by atoms with Gasteiger partial charge in [-0.3, -0.25) is 0 Å². The van der Waals surface area contributed by atoms with Crippen LogP contribution in [-0.2, 0) is 6.54 Å². The van der Waals surface area contributed by atoms with Crippen LogP contribution < -0.4 is 11.1 Å². The van der Waals surface area contributed by atoms with E-state index >= 15 is 0 Å². The van der Waals surface area contributed by atoms with Gasteiger partial charge in [0, 0.05) is 24.7 Å². The number of hydrogen-bond donors (Lipinski definition) is 3. The lowest BCUT2D eigenvalue weighted by molar-refractivity contribution is 0.300. The molecular formula is C14H22N4O. The smallest absolute Gasteiger partial charge is 0.170 e. The number of oxime groups is 1. The first-order valence-corrected chi connectivity index (χ1v) is 6.68. The van der Waals surface area contributed by atoms with E-state index in [9.17, 15) is 0 Å². The lowest BCUT2D eigenvalue weighted by atomic mass is 10.1. The summed E-state index contributed by atoms with van der Waals surface area (Å²) >= 11 is 0. The Balaban J connectivity index is 1.86. The predicted octanol–water partition coefficient (Wildman–Crippen LogP) is 0.965. The highest BCUT2D eigenvalue weighted by molar-refractivity contribution is 5.97. The van der Waals surface area contributed by atoms with Crippen molar-refractivity contribution in [2.75, 3.05) is 20.1 Å². The largest absolute Gasteiger partial charge is 0.409 e. The van der Waals surface area contributed by atoms with Gasteiger partial charge >= 0.3 is 0 Å². The second-order valence-electron chi connectivity index (χ2n) is 5.09. The van der Waals surface area contributed by atoms with Crippen molar-refractivity contribution in [1.82, 2.24) is 10.2 Å². The first kappa shape index (κ1) is 13.8. The zero-order valence-electron chi connectivity index (χ0n) is 11.3. The van der Waals surface area contributed by atoms with Gasteiger partial charge in [0.15, 0.2) is 5.84 Å². The Labute approximate surface area is 114 Å². The first-order valence-electron chi connectivity index (χ1n) is 6.68. The number of likely N-dealkylation sites (tertiary alicyclic amines) is 1. The van der Waals surface area contributed by atoms with E-state index in [-0.39, 0.29) is 5.84 Å². The standard InChI is InChI=1S/C14H22N4O/c1-18-7-3-6-13(18)10-16-9-11-4-2-5-12(8-11)14(15)17-19/h2,4-5,8,13,16,19H,3,6-7,9-10H2,1H3,(H2,15,17). The fourth-order valence-corrected chi connectivity index (χ4v) is 2.52. The van der Waals surface area contributed by atoms with Crippen LogP contribution in [0.15, 0.2) is 29.4 Å². The molecule has 104 valence electrons. The molecule has 0 saturated carbocycles. The number of nitrogens with two attached hydrogens (primary N) is 1. The zero-order chi connectivity index (χ0) is 13.7. The maximum absolute atomic E-state index is 8.67. The van der Waals surface area contributed by atoms with Crippen LogP contribution in [0.5, 0.6) is 0 Å². The normalized spacial score (nSPS) is 20.9. The number of nitrogens with zero attached hydrogens (tertiary/aromatic N) is 2. The van der Waals surface area contributed by atoms with E-state index in [0.717, 1.165) is 24.2 Å². The second kappa shape index (κ2) is 6.54. The molecule has 1 aromatic rings.